The van der Waals surface area contributed by atoms with Crippen LogP contribution in [-0.2, 0) is 19.6 Å². The van der Waals surface area contributed by atoms with E-state index in [4.69, 9.17) is 0 Å². The lowest BCUT2D eigenvalue weighted by atomic mass is 10.1. The minimum atomic E-state index is -3.24. The lowest BCUT2D eigenvalue weighted by Crippen LogP contribution is -2.40. The van der Waals surface area contributed by atoms with Gasteiger partial charge in [0.1, 0.15) is 0 Å². The molecule has 26 heavy (non-hydrogen) atoms. The van der Waals surface area contributed by atoms with Crippen molar-refractivity contribution in [3.63, 3.8) is 0 Å². The van der Waals surface area contributed by atoms with E-state index in [-0.39, 0.29) is 24.2 Å². The molecule has 0 saturated carbocycles. The fourth-order valence-electron chi connectivity index (χ4n) is 3.55. The number of hydrogen-bond acceptors (Lipinski definition) is 4. The second-order valence-corrected chi connectivity index (χ2v) is 9.06. The van der Waals surface area contributed by atoms with Gasteiger partial charge in [-0.1, -0.05) is 17.7 Å². The Morgan fingerprint density at radius 2 is 1.77 bits per heavy atom. The van der Waals surface area contributed by atoms with Gasteiger partial charge in [0, 0.05) is 44.8 Å². The molecule has 2 aliphatic heterocycles. The van der Waals surface area contributed by atoms with E-state index in [1.54, 1.807) is 9.80 Å². The first-order valence-electron chi connectivity index (χ1n) is 8.86. The summed E-state index contributed by atoms with van der Waals surface area (Å²) in [5.41, 5.74) is 1.93. The Hall–Kier alpha value is -1.93. The number of rotatable bonds is 3. The highest BCUT2D eigenvalue weighted by molar-refractivity contribution is 7.88. The van der Waals surface area contributed by atoms with Crippen LogP contribution in [0.2, 0.25) is 0 Å². The van der Waals surface area contributed by atoms with Crippen molar-refractivity contribution in [3.8, 4) is 0 Å². The quantitative estimate of drug-likeness (QED) is 0.780. The first kappa shape index (κ1) is 18.8. The maximum atomic E-state index is 12.9. The molecule has 2 amide bonds. The largest absolute Gasteiger partial charge is 0.341 e. The molecule has 1 atom stereocenters. The maximum absolute atomic E-state index is 12.9. The lowest BCUT2D eigenvalue weighted by Gasteiger charge is -2.24. The van der Waals surface area contributed by atoms with Crippen LogP contribution in [0, 0.1) is 12.8 Å². The fourth-order valence-corrected chi connectivity index (χ4v) is 4.43. The summed E-state index contributed by atoms with van der Waals surface area (Å²) >= 11 is 0. The number of carbonyl (C=O) groups excluding carboxylic acids is 2. The molecule has 3 rings (SSSR count). The van der Waals surface area contributed by atoms with Crippen LogP contribution < -0.4 is 4.90 Å². The lowest BCUT2D eigenvalue weighted by molar-refractivity contribution is -0.135. The number of carbonyl (C=O) groups is 2. The number of sulfonamides is 1. The van der Waals surface area contributed by atoms with E-state index >= 15 is 0 Å². The molecule has 1 aromatic carbocycles. The Kier molecular flexibility index (Phi) is 5.34. The molecule has 0 aromatic heterocycles. The zero-order chi connectivity index (χ0) is 18.9. The van der Waals surface area contributed by atoms with E-state index in [0.29, 0.717) is 39.1 Å². The van der Waals surface area contributed by atoms with Crippen molar-refractivity contribution in [3.05, 3.63) is 29.8 Å². The van der Waals surface area contributed by atoms with E-state index in [0.717, 1.165) is 11.3 Å². The van der Waals surface area contributed by atoms with Crippen molar-refractivity contribution in [1.29, 1.82) is 0 Å². The van der Waals surface area contributed by atoms with Crippen molar-refractivity contribution < 1.29 is 18.0 Å². The minimum Gasteiger partial charge on any atom is -0.341 e. The van der Waals surface area contributed by atoms with Gasteiger partial charge in [-0.3, -0.25) is 9.59 Å². The number of amides is 2. The van der Waals surface area contributed by atoms with Gasteiger partial charge in [0.15, 0.2) is 0 Å². The molecule has 2 heterocycles. The molecule has 0 bridgehead atoms. The molecule has 1 aromatic rings. The standard InChI is InChI=1S/C18H25N3O4S/c1-14-4-6-16(7-5-14)21-13-15(12-17(21)22)18(23)19-8-3-9-20(11-10-19)26(2,24)25/h4-7,15H,3,8-13H2,1-2H3/t15-/m1/s1. The molecule has 2 saturated heterocycles. The number of anilines is 1. The van der Waals surface area contributed by atoms with Gasteiger partial charge in [-0.2, -0.15) is 0 Å². The molecule has 2 fully saturated rings. The van der Waals surface area contributed by atoms with E-state index < -0.39 is 10.0 Å². The molecule has 0 spiro atoms. The van der Waals surface area contributed by atoms with Gasteiger partial charge < -0.3 is 9.80 Å². The molecule has 8 heteroatoms. The Labute approximate surface area is 154 Å². The number of aryl methyl sites for hydroxylation is 1. The Balaban J connectivity index is 1.65. The third kappa shape index (κ3) is 4.07. The van der Waals surface area contributed by atoms with Gasteiger partial charge in [-0.25, -0.2) is 12.7 Å². The van der Waals surface area contributed by atoms with Crippen LogP contribution in [0.4, 0.5) is 5.69 Å². The molecule has 0 radical (unpaired) electrons. The predicted octanol–water partition coefficient (Wildman–Crippen LogP) is 0.842. The summed E-state index contributed by atoms with van der Waals surface area (Å²) < 4.78 is 24.8. The first-order valence-corrected chi connectivity index (χ1v) is 10.7. The first-order chi connectivity index (χ1) is 12.3. The monoisotopic (exact) mass is 379 g/mol. The third-order valence-corrected chi connectivity index (χ3v) is 6.36. The average Bonchev–Trinajstić information content (AvgIpc) is 2.81. The number of nitrogens with zero attached hydrogens (tertiary/aromatic N) is 3. The highest BCUT2D eigenvalue weighted by Crippen LogP contribution is 2.27. The molecule has 7 nitrogen and oxygen atoms in total. The second-order valence-electron chi connectivity index (χ2n) is 7.08. The Morgan fingerprint density at radius 3 is 2.42 bits per heavy atom. The van der Waals surface area contributed by atoms with Gasteiger partial charge in [0.25, 0.3) is 0 Å². The van der Waals surface area contributed by atoms with Crippen molar-refractivity contribution in [1.82, 2.24) is 9.21 Å². The van der Waals surface area contributed by atoms with E-state index in [1.165, 1.54) is 10.6 Å². The molecule has 0 aliphatic carbocycles. The van der Waals surface area contributed by atoms with Gasteiger partial charge in [-0.05, 0) is 25.5 Å². The summed E-state index contributed by atoms with van der Waals surface area (Å²) in [5, 5.41) is 0. The number of hydrogen-bond donors (Lipinski definition) is 0. The van der Waals surface area contributed by atoms with Crippen LogP contribution in [0.15, 0.2) is 24.3 Å². The smallest absolute Gasteiger partial charge is 0.228 e. The van der Waals surface area contributed by atoms with E-state index in [2.05, 4.69) is 0 Å². The molecule has 142 valence electrons. The summed E-state index contributed by atoms with van der Waals surface area (Å²) in [6.45, 7) is 4.02. The van der Waals surface area contributed by atoms with Gasteiger partial charge >= 0.3 is 0 Å². The molecule has 0 N–H and O–H groups in total. The van der Waals surface area contributed by atoms with Crippen LogP contribution in [0.3, 0.4) is 0 Å². The molecule has 2 aliphatic rings. The zero-order valence-electron chi connectivity index (χ0n) is 15.2. The summed E-state index contributed by atoms with van der Waals surface area (Å²) in [4.78, 5) is 28.6. The SMILES string of the molecule is Cc1ccc(N2C[C@H](C(=O)N3CCCN(S(C)(=O)=O)CC3)CC2=O)cc1. The summed E-state index contributed by atoms with van der Waals surface area (Å²) in [6.07, 6.45) is 2.01. The van der Waals surface area contributed by atoms with Crippen LogP contribution in [0.1, 0.15) is 18.4 Å². The summed E-state index contributed by atoms with van der Waals surface area (Å²) in [7, 11) is -3.24. The molecular weight excluding hydrogens is 354 g/mol. The Morgan fingerprint density at radius 1 is 1.08 bits per heavy atom. The van der Waals surface area contributed by atoms with E-state index in [9.17, 15) is 18.0 Å². The van der Waals surface area contributed by atoms with Crippen LogP contribution in [-0.4, -0.2) is 68.4 Å². The van der Waals surface area contributed by atoms with Crippen molar-refractivity contribution in [2.24, 2.45) is 5.92 Å². The van der Waals surface area contributed by atoms with Crippen molar-refractivity contribution >= 4 is 27.5 Å². The summed E-state index contributed by atoms with van der Waals surface area (Å²) in [6, 6.07) is 7.70. The van der Waals surface area contributed by atoms with Crippen LogP contribution in [0.25, 0.3) is 0 Å². The Bertz CT molecular complexity index is 791. The highest BCUT2D eigenvalue weighted by atomic mass is 32.2. The maximum Gasteiger partial charge on any atom is 0.228 e. The average molecular weight is 379 g/mol. The minimum absolute atomic E-state index is 0.0419. The predicted molar refractivity (Wildman–Crippen MR) is 99.3 cm³/mol. The van der Waals surface area contributed by atoms with Crippen LogP contribution in [0.5, 0.6) is 0 Å². The van der Waals surface area contributed by atoms with Gasteiger partial charge in [0.05, 0.1) is 12.2 Å². The zero-order valence-corrected chi connectivity index (χ0v) is 16.0. The normalized spacial score (nSPS) is 22.5. The highest BCUT2D eigenvalue weighted by Gasteiger charge is 2.37. The van der Waals surface area contributed by atoms with Gasteiger partial charge in [-0.15, -0.1) is 0 Å². The van der Waals surface area contributed by atoms with Crippen molar-refractivity contribution in [2.75, 3.05) is 43.9 Å². The molecule has 0 unspecified atom stereocenters. The second kappa shape index (κ2) is 7.36. The van der Waals surface area contributed by atoms with Gasteiger partial charge in [0.2, 0.25) is 21.8 Å². The fraction of sp³-hybridized carbons (Fsp3) is 0.556. The topological polar surface area (TPSA) is 78.0 Å². The van der Waals surface area contributed by atoms with Crippen LogP contribution >= 0.6 is 0 Å². The number of benzene rings is 1. The third-order valence-electron chi connectivity index (χ3n) is 5.06. The van der Waals surface area contributed by atoms with E-state index in [1.807, 2.05) is 31.2 Å². The molecular formula is C18H25N3O4S. The van der Waals surface area contributed by atoms with Crippen molar-refractivity contribution in [2.45, 2.75) is 19.8 Å². The summed E-state index contributed by atoms with van der Waals surface area (Å²) in [5.74, 6) is -0.461.